The van der Waals surface area contributed by atoms with Crippen LogP contribution in [0.4, 0.5) is 17.1 Å². The maximum Gasteiger partial charge on any atom is 0.294 e. The molecule has 2 N–H and O–H groups in total. The molecule has 114 valence electrons. The maximum atomic E-state index is 11.4. The molecule has 7 nitrogen and oxygen atoms in total. The van der Waals surface area contributed by atoms with E-state index in [2.05, 4.69) is 15.5 Å². The van der Waals surface area contributed by atoms with Gasteiger partial charge in [-0.25, -0.2) is 0 Å². The second kappa shape index (κ2) is 6.53. The molecule has 0 atom stereocenters. The highest BCUT2D eigenvalue weighted by atomic mass is 16.6. The summed E-state index contributed by atoms with van der Waals surface area (Å²) in [4.78, 5) is 24.2. The molecule has 1 aliphatic heterocycles. The van der Waals surface area contributed by atoms with Gasteiger partial charge in [-0.2, -0.15) is 0 Å². The van der Waals surface area contributed by atoms with E-state index in [1.807, 2.05) is 14.1 Å². The molecule has 0 fully saturated rings. The summed E-state index contributed by atoms with van der Waals surface area (Å²) in [7, 11) is 3.98. The molecule has 1 heterocycles. The summed E-state index contributed by atoms with van der Waals surface area (Å²) < 4.78 is 0. The van der Waals surface area contributed by atoms with Crippen molar-refractivity contribution in [1.82, 2.24) is 4.90 Å². The Morgan fingerprint density at radius 2 is 2.14 bits per heavy atom. The SMILES string of the molecule is CN(C)CCCNc1cc2c(cc1[N+](=O)[O-])NC(=O)CC2. The molecule has 0 aromatic heterocycles. The van der Waals surface area contributed by atoms with Crippen molar-refractivity contribution in [3.8, 4) is 0 Å². The Morgan fingerprint density at radius 3 is 2.81 bits per heavy atom. The van der Waals surface area contributed by atoms with Gasteiger partial charge in [0, 0.05) is 19.0 Å². The summed E-state index contributed by atoms with van der Waals surface area (Å²) in [6.45, 7) is 1.59. The molecule has 7 heteroatoms. The molecular weight excluding hydrogens is 272 g/mol. The minimum absolute atomic E-state index is 0.000744. The first-order valence-electron chi connectivity index (χ1n) is 6.97. The quantitative estimate of drug-likeness (QED) is 0.474. The number of nitro groups is 1. The van der Waals surface area contributed by atoms with Crippen molar-refractivity contribution in [3.63, 3.8) is 0 Å². The van der Waals surface area contributed by atoms with Crippen LogP contribution in [0.3, 0.4) is 0 Å². The fourth-order valence-electron chi connectivity index (χ4n) is 2.33. The monoisotopic (exact) mass is 292 g/mol. The van der Waals surface area contributed by atoms with E-state index in [9.17, 15) is 14.9 Å². The van der Waals surface area contributed by atoms with Crippen LogP contribution >= 0.6 is 0 Å². The Labute approximate surface area is 123 Å². The number of hydrogen-bond donors (Lipinski definition) is 2. The van der Waals surface area contributed by atoms with Crippen molar-refractivity contribution in [3.05, 3.63) is 27.8 Å². The van der Waals surface area contributed by atoms with Crippen LogP contribution in [0.25, 0.3) is 0 Å². The number of carbonyl (C=O) groups excluding carboxylic acids is 1. The number of rotatable bonds is 6. The van der Waals surface area contributed by atoms with E-state index < -0.39 is 4.92 Å². The number of benzene rings is 1. The normalized spacial score (nSPS) is 13.8. The van der Waals surface area contributed by atoms with Crippen LogP contribution in [-0.4, -0.2) is 42.9 Å². The first kappa shape index (κ1) is 15.2. The number of anilines is 2. The number of nitrogens with one attached hydrogen (secondary N) is 2. The van der Waals surface area contributed by atoms with Crippen LogP contribution in [0.15, 0.2) is 12.1 Å². The van der Waals surface area contributed by atoms with Crippen molar-refractivity contribution < 1.29 is 9.72 Å². The molecule has 0 bridgehead atoms. The van der Waals surface area contributed by atoms with Gasteiger partial charge in [0.2, 0.25) is 5.91 Å². The van der Waals surface area contributed by atoms with Crippen LogP contribution in [0.5, 0.6) is 0 Å². The standard InChI is InChI=1S/C14H20N4O3/c1-17(2)7-3-6-15-12-8-10-4-5-14(19)16-11(10)9-13(12)18(20)21/h8-9,15H,3-7H2,1-2H3,(H,16,19). The molecule has 1 aromatic carbocycles. The number of aryl methyl sites for hydroxylation is 1. The topological polar surface area (TPSA) is 87.5 Å². The van der Waals surface area contributed by atoms with Gasteiger partial charge in [0.15, 0.2) is 0 Å². The van der Waals surface area contributed by atoms with Gasteiger partial charge >= 0.3 is 0 Å². The summed E-state index contributed by atoms with van der Waals surface area (Å²) in [6, 6.07) is 3.23. The molecule has 0 saturated heterocycles. The van der Waals surface area contributed by atoms with Crippen molar-refractivity contribution >= 4 is 23.0 Å². The van der Waals surface area contributed by atoms with E-state index in [1.54, 1.807) is 6.07 Å². The van der Waals surface area contributed by atoms with Gasteiger partial charge in [-0.1, -0.05) is 0 Å². The lowest BCUT2D eigenvalue weighted by atomic mass is 10.0. The van der Waals surface area contributed by atoms with Crippen molar-refractivity contribution in [2.75, 3.05) is 37.8 Å². The zero-order valence-corrected chi connectivity index (χ0v) is 12.3. The summed E-state index contributed by atoms with van der Waals surface area (Å²) in [6.07, 6.45) is 1.94. The summed E-state index contributed by atoms with van der Waals surface area (Å²) in [5, 5.41) is 17.0. The highest BCUT2D eigenvalue weighted by Crippen LogP contribution is 2.34. The predicted octanol–water partition coefficient (Wildman–Crippen LogP) is 1.84. The zero-order valence-electron chi connectivity index (χ0n) is 12.3. The van der Waals surface area contributed by atoms with E-state index in [1.165, 1.54) is 6.07 Å². The average Bonchev–Trinajstić information content (AvgIpc) is 2.42. The first-order chi connectivity index (χ1) is 9.97. The number of fused-ring (bicyclic) bond motifs is 1. The molecular formula is C14H20N4O3. The predicted molar refractivity (Wildman–Crippen MR) is 81.7 cm³/mol. The van der Waals surface area contributed by atoms with Gasteiger partial charge in [0.05, 0.1) is 10.6 Å². The molecule has 0 aliphatic carbocycles. The summed E-state index contributed by atoms with van der Waals surface area (Å²) in [5.74, 6) is -0.0940. The van der Waals surface area contributed by atoms with Crippen molar-refractivity contribution in [2.24, 2.45) is 0 Å². The zero-order chi connectivity index (χ0) is 15.4. The summed E-state index contributed by atoms with van der Waals surface area (Å²) in [5.41, 5.74) is 2.02. The Morgan fingerprint density at radius 1 is 1.38 bits per heavy atom. The van der Waals surface area contributed by atoms with Crippen LogP contribution in [0, 0.1) is 10.1 Å². The van der Waals surface area contributed by atoms with E-state index in [-0.39, 0.29) is 11.6 Å². The van der Waals surface area contributed by atoms with E-state index >= 15 is 0 Å². The second-order valence-electron chi connectivity index (χ2n) is 5.42. The molecule has 0 unspecified atom stereocenters. The molecule has 2 rings (SSSR count). The van der Waals surface area contributed by atoms with Gasteiger partial charge in [-0.15, -0.1) is 0 Å². The lowest BCUT2D eigenvalue weighted by Gasteiger charge is -2.18. The van der Waals surface area contributed by atoms with Crippen LogP contribution in [-0.2, 0) is 11.2 Å². The van der Waals surface area contributed by atoms with Crippen molar-refractivity contribution in [2.45, 2.75) is 19.3 Å². The molecule has 1 aromatic rings. The van der Waals surface area contributed by atoms with E-state index in [0.717, 1.165) is 18.5 Å². The van der Waals surface area contributed by atoms with Gasteiger partial charge in [0.25, 0.3) is 5.69 Å². The smallest absolute Gasteiger partial charge is 0.294 e. The van der Waals surface area contributed by atoms with E-state index in [4.69, 9.17) is 0 Å². The largest absolute Gasteiger partial charge is 0.379 e. The average molecular weight is 292 g/mol. The Hall–Kier alpha value is -2.15. The first-order valence-corrected chi connectivity index (χ1v) is 6.97. The van der Waals surface area contributed by atoms with E-state index in [0.29, 0.717) is 30.8 Å². The Balaban J connectivity index is 2.15. The minimum Gasteiger partial charge on any atom is -0.379 e. The number of nitrogens with zero attached hydrogens (tertiary/aromatic N) is 2. The van der Waals surface area contributed by atoms with Crippen LogP contribution < -0.4 is 10.6 Å². The van der Waals surface area contributed by atoms with Gasteiger partial charge in [-0.05, 0) is 45.1 Å². The third-order valence-electron chi connectivity index (χ3n) is 3.41. The molecule has 1 amide bonds. The summed E-state index contributed by atoms with van der Waals surface area (Å²) >= 11 is 0. The highest BCUT2D eigenvalue weighted by Gasteiger charge is 2.22. The third kappa shape index (κ3) is 3.91. The fraction of sp³-hybridized carbons (Fsp3) is 0.500. The third-order valence-corrected chi connectivity index (χ3v) is 3.41. The van der Waals surface area contributed by atoms with Crippen molar-refractivity contribution in [1.29, 1.82) is 0 Å². The highest BCUT2D eigenvalue weighted by molar-refractivity contribution is 5.95. The van der Waals surface area contributed by atoms with Gasteiger partial charge in [-0.3, -0.25) is 14.9 Å². The van der Waals surface area contributed by atoms with Gasteiger partial charge < -0.3 is 15.5 Å². The minimum atomic E-state index is -0.421. The maximum absolute atomic E-state index is 11.4. The Kier molecular flexibility index (Phi) is 4.74. The molecule has 0 radical (unpaired) electrons. The second-order valence-corrected chi connectivity index (χ2v) is 5.42. The number of amides is 1. The number of nitro benzene ring substituents is 1. The van der Waals surface area contributed by atoms with Crippen LogP contribution in [0.1, 0.15) is 18.4 Å². The van der Waals surface area contributed by atoms with Gasteiger partial charge in [0.1, 0.15) is 5.69 Å². The number of hydrogen-bond acceptors (Lipinski definition) is 5. The lowest BCUT2D eigenvalue weighted by Crippen LogP contribution is -2.20. The molecule has 0 spiro atoms. The fourth-order valence-corrected chi connectivity index (χ4v) is 2.33. The molecule has 0 saturated carbocycles. The lowest BCUT2D eigenvalue weighted by molar-refractivity contribution is -0.383. The number of carbonyl (C=O) groups is 1. The molecule has 1 aliphatic rings. The van der Waals surface area contributed by atoms with Crippen LogP contribution in [0.2, 0.25) is 0 Å². The Bertz CT molecular complexity index is 557. The molecule has 21 heavy (non-hydrogen) atoms.